The van der Waals surface area contributed by atoms with Crippen LogP contribution in [0.2, 0.25) is 5.02 Å². The summed E-state index contributed by atoms with van der Waals surface area (Å²) >= 11 is 6.09. The number of aromatic nitrogens is 1. The molecule has 0 amide bonds. The summed E-state index contributed by atoms with van der Waals surface area (Å²) in [6.07, 6.45) is 4.34. The lowest BCUT2D eigenvalue weighted by molar-refractivity contribution is 0.346. The van der Waals surface area contributed by atoms with Gasteiger partial charge < -0.3 is 9.64 Å². The van der Waals surface area contributed by atoms with Crippen LogP contribution in [0.15, 0.2) is 41.4 Å². The lowest BCUT2D eigenvalue weighted by Gasteiger charge is -2.26. The van der Waals surface area contributed by atoms with Crippen molar-refractivity contribution in [2.24, 2.45) is 0 Å². The highest BCUT2D eigenvalue weighted by atomic mass is 35.5. The molecule has 0 bridgehead atoms. The molecule has 0 N–H and O–H groups in total. The van der Waals surface area contributed by atoms with E-state index < -0.39 is 10.0 Å². The Balaban J connectivity index is 1.76. The van der Waals surface area contributed by atoms with Gasteiger partial charge in [-0.15, -0.1) is 0 Å². The van der Waals surface area contributed by atoms with Gasteiger partial charge in [-0.25, -0.2) is 13.4 Å². The third kappa shape index (κ3) is 4.54. The highest BCUT2D eigenvalue weighted by molar-refractivity contribution is 7.89. The second-order valence-corrected chi connectivity index (χ2v) is 9.00. The van der Waals surface area contributed by atoms with Crippen LogP contribution in [0.1, 0.15) is 24.8 Å². The van der Waals surface area contributed by atoms with E-state index in [4.69, 9.17) is 16.3 Å². The number of methoxy groups -OCH3 is 1. The van der Waals surface area contributed by atoms with E-state index in [9.17, 15) is 8.42 Å². The van der Waals surface area contributed by atoms with E-state index in [1.54, 1.807) is 29.6 Å². The van der Waals surface area contributed by atoms with Crippen LogP contribution in [0.5, 0.6) is 5.75 Å². The summed E-state index contributed by atoms with van der Waals surface area (Å²) in [4.78, 5) is 6.52. The summed E-state index contributed by atoms with van der Waals surface area (Å²) < 4.78 is 32.4. The number of ether oxygens (including phenoxy) is 1. The summed E-state index contributed by atoms with van der Waals surface area (Å²) in [7, 11) is 0.0419. The predicted molar refractivity (Wildman–Crippen MR) is 107 cm³/mol. The quantitative estimate of drug-likeness (QED) is 0.730. The van der Waals surface area contributed by atoms with Crippen molar-refractivity contribution >= 4 is 27.4 Å². The summed E-state index contributed by atoms with van der Waals surface area (Å²) in [5.41, 5.74) is 0.930. The van der Waals surface area contributed by atoms with Crippen molar-refractivity contribution < 1.29 is 13.2 Å². The minimum absolute atomic E-state index is 0.238. The summed E-state index contributed by atoms with van der Waals surface area (Å²) in [6, 6.07) is 8.81. The predicted octanol–water partition coefficient (Wildman–Crippen LogP) is 3.55. The minimum Gasteiger partial charge on any atom is -0.496 e. The molecule has 1 fully saturated rings. The maximum absolute atomic E-state index is 12.7. The van der Waals surface area contributed by atoms with Crippen LogP contribution in [0.3, 0.4) is 0 Å². The van der Waals surface area contributed by atoms with Gasteiger partial charge in [-0.1, -0.05) is 18.0 Å². The molecule has 8 heteroatoms. The Morgan fingerprint density at radius 2 is 1.93 bits per heavy atom. The maximum atomic E-state index is 12.7. The zero-order chi connectivity index (χ0) is 19.4. The first kappa shape index (κ1) is 19.9. The topological polar surface area (TPSA) is 62.7 Å². The molecule has 2 aromatic rings. The molecule has 146 valence electrons. The molecule has 0 unspecified atom stereocenters. The van der Waals surface area contributed by atoms with Crippen molar-refractivity contribution in [3.63, 3.8) is 0 Å². The molecule has 3 rings (SSSR count). The number of benzene rings is 1. The fourth-order valence-electron chi connectivity index (χ4n) is 3.21. The van der Waals surface area contributed by atoms with Crippen molar-refractivity contribution in [2.45, 2.75) is 30.7 Å². The molecule has 2 heterocycles. The SMILES string of the molecule is COc1ccc(Cl)cc1CN(C)c1ccc(S(=O)(=O)N2CCCCC2)cn1. The van der Waals surface area contributed by atoms with Crippen LogP contribution in [-0.4, -0.2) is 45.0 Å². The number of rotatable bonds is 6. The molecule has 1 saturated heterocycles. The van der Waals surface area contributed by atoms with Crippen molar-refractivity contribution in [1.29, 1.82) is 0 Å². The highest BCUT2D eigenvalue weighted by Gasteiger charge is 2.26. The van der Waals surface area contributed by atoms with Gasteiger partial charge in [0.05, 0.1) is 7.11 Å². The van der Waals surface area contributed by atoms with Gasteiger partial charge in [0.2, 0.25) is 10.0 Å². The number of halogens is 1. The Morgan fingerprint density at radius 1 is 1.19 bits per heavy atom. The molecule has 1 aromatic carbocycles. The van der Waals surface area contributed by atoms with Gasteiger partial charge in [-0.05, 0) is 43.2 Å². The molecule has 27 heavy (non-hydrogen) atoms. The molecule has 1 aliphatic heterocycles. The van der Waals surface area contributed by atoms with Gasteiger partial charge in [-0.2, -0.15) is 4.31 Å². The second kappa shape index (κ2) is 8.46. The summed E-state index contributed by atoms with van der Waals surface area (Å²) in [5, 5.41) is 0.634. The average Bonchev–Trinajstić information content (AvgIpc) is 2.69. The molecular weight excluding hydrogens is 386 g/mol. The number of piperidine rings is 1. The smallest absolute Gasteiger partial charge is 0.244 e. The lowest BCUT2D eigenvalue weighted by atomic mass is 10.2. The van der Waals surface area contributed by atoms with Gasteiger partial charge in [-0.3, -0.25) is 0 Å². The van der Waals surface area contributed by atoms with Crippen molar-refractivity contribution in [3.8, 4) is 5.75 Å². The maximum Gasteiger partial charge on any atom is 0.244 e. The molecular formula is C19H24ClN3O3S. The standard InChI is InChI=1S/C19H24ClN3O3S/c1-22(14-15-12-16(20)6-8-18(15)26-2)19-9-7-17(13-21-19)27(24,25)23-10-4-3-5-11-23/h6-9,12-13H,3-5,10-11,14H2,1-2H3. The summed E-state index contributed by atoms with van der Waals surface area (Å²) in [5.74, 6) is 1.42. The summed E-state index contributed by atoms with van der Waals surface area (Å²) in [6.45, 7) is 1.70. The van der Waals surface area contributed by atoms with Crippen molar-refractivity contribution in [2.75, 3.05) is 32.1 Å². The number of nitrogens with zero attached hydrogens (tertiary/aromatic N) is 3. The minimum atomic E-state index is -3.46. The molecule has 0 saturated carbocycles. The third-order valence-electron chi connectivity index (χ3n) is 4.71. The van der Waals surface area contributed by atoms with Gasteiger partial charge >= 0.3 is 0 Å². The van der Waals surface area contributed by atoms with Crippen LogP contribution in [0.4, 0.5) is 5.82 Å². The van der Waals surface area contributed by atoms with E-state index in [1.165, 1.54) is 6.20 Å². The Hall–Kier alpha value is -1.83. The zero-order valence-corrected chi connectivity index (χ0v) is 17.1. The van der Waals surface area contributed by atoms with Crippen molar-refractivity contribution in [1.82, 2.24) is 9.29 Å². The first-order valence-electron chi connectivity index (χ1n) is 8.91. The molecule has 0 atom stereocenters. The van der Waals surface area contributed by atoms with E-state index in [2.05, 4.69) is 4.98 Å². The van der Waals surface area contributed by atoms with Gasteiger partial charge in [0.25, 0.3) is 0 Å². The molecule has 0 radical (unpaired) electrons. The van der Waals surface area contributed by atoms with Crippen LogP contribution >= 0.6 is 11.6 Å². The van der Waals surface area contributed by atoms with E-state index in [1.807, 2.05) is 24.1 Å². The first-order chi connectivity index (χ1) is 12.9. The molecule has 6 nitrogen and oxygen atoms in total. The Bertz CT molecular complexity index is 882. The number of anilines is 1. The Labute approximate surface area is 165 Å². The van der Waals surface area contributed by atoms with Gasteiger partial charge in [0.1, 0.15) is 16.5 Å². The Morgan fingerprint density at radius 3 is 2.56 bits per heavy atom. The number of sulfonamides is 1. The Kier molecular flexibility index (Phi) is 6.24. The van der Waals surface area contributed by atoms with Gasteiger partial charge in [0.15, 0.2) is 0 Å². The first-order valence-corrected chi connectivity index (χ1v) is 10.7. The van der Waals surface area contributed by atoms with Crippen LogP contribution in [-0.2, 0) is 16.6 Å². The third-order valence-corrected chi connectivity index (χ3v) is 6.83. The molecule has 0 spiro atoms. The fraction of sp³-hybridized carbons (Fsp3) is 0.421. The monoisotopic (exact) mass is 409 g/mol. The van der Waals surface area contributed by atoms with Crippen LogP contribution < -0.4 is 9.64 Å². The van der Waals surface area contributed by atoms with E-state index >= 15 is 0 Å². The zero-order valence-electron chi connectivity index (χ0n) is 15.6. The lowest BCUT2D eigenvalue weighted by Crippen LogP contribution is -2.35. The number of hydrogen-bond donors (Lipinski definition) is 0. The van der Waals surface area contributed by atoms with Crippen molar-refractivity contribution in [3.05, 3.63) is 47.1 Å². The van der Waals surface area contributed by atoms with Crippen LogP contribution in [0.25, 0.3) is 0 Å². The molecule has 0 aliphatic carbocycles. The van der Waals surface area contributed by atoms with E-state index in [0.717, 1.165) is 30.6 Å². The van der Waals surface area contributed by atoms with E-state index in [0.29, 0.717) is 30.5 Å². The van der Waals surface area contributed by atoms with Gasteiger partial charge in [0, 0.05) is 43.5 Å². The number of hydrogen-bond acceptors (Lipinski definition) is 5. The largest absolute Gasteiger partial charge is 0.496 e. The second-order valence-electron chi connectivity index (χ2n) is 6.63. The average molecular weight is 410 g/mol. The fourth-order valence-corrected chi connectivity index (χ4v) is 4.87. The number of pyridine rings is 1. The van der Waals surface area contributed by atoms with Crippen LogP contribution in [0, 0.1) is 0 Å². The molecule has 1 aromatic heterocycles. The highest BCUT2D eigenvalue weighted by Crippen LogP contribution is 2.26. The molecule has 1 aliphatic rings. The van der Waals surface area contributed by atoms with E-state index in [-0.39, 0.29) is 4.90 Å². The normalized spacial score (nSPS) is 15.5.